The van der Waals surface area contributed by atoms with E-state index in [9.17, 15) is 0 Å². The van der Waals surface area contributed by atoms with Crippen molar-refractivity contribution in [1.29, 1.82) is 0 Å². The summed E-state index contributed by atoms with van der Waals surface area (Å²) in [6.07, 6.45) is 0. The Morgan fingerprint density at radius 3 is 2.36 bits per heavy atom. The minimum atomic E-state index is 0.526. The Morgan fingerprint density at radius 2 is 1.48 bits per heavy atom. The van der Waals surface area contributed by atoms with Crippen LogP contribution in [-0.4, -0.2) is 9.55 Å². The van der Waals surface area contributed by atoms with Gasteiger partial charge in [-0.3, -0.25) is 0 Å². The minimum absolute atomic E-state index is 0.526. The molecule has 0 fully saturated rings. The van der Waals surface area contributed by atoms with Crippen molar-refractivity contribution in [2.45, 2.75) is 6.54 Å². The van der Waals surface area contributed by atoms with Gasteiger partial charge in [-0.1, -0.05) is 66.2 Å². The van der Waals surface area contributed by atoms with E-state index in [1.54, 1.807) is 0 Å². The lowest BCUT2D eigenvalue weighted by atomic mass is 10.1. The Hall–Kier alpha value is -2.84. The second-order valence-electron chi connectivity index (χ2n) is 6.25. The van der Waals surface area contributed by atoms with E-state index in [0.29, 0.717) is 5.15 Å². The smallest absolute Gasteiger partial charge is 0.129 e. The number of pyridine rings is 1. The Kier molecular flexibility index (Phi) is 3.25. The summed E-state index contributed by atoms with van der Waals surface area (Å²) in [5.74, 6) is 0. The average molecular weight is 343 g/mol. The average Bonchev–Trinajstić information content (AvgIpc) is 2.97. The molecule has 0 atom stereocenters. The monoisotopic (exact) mass is 342 g/mol. The van der Waals surface area contributed by atoms with E-state index in [-0.39, 0.29) is 0 Å². The molecule has 5 aromatic rings. The number of fused-ring (bicyclic) bond motifs is 5. The van der Waals surface area contributed by atoms with Crippen molar-refractivity contribution >= 4 is 44.3 Å². The van der Waals surface area contributed by atoms with Gasteiger partial charge in [0.05, 0.1) is 11.0 Å². The van der Waals surface area contributed by atoms with Crippen LogP contribution in [0.15, 0.2) is 78.9 Å². The zero-order chi connectivity index (χ0) is 16.8. The molecule has 2 nitrogen and oxygen atoms in total. The van der Waals surface area contributed by atoms with Crippen LogP contribution >= 0.6 is 11.6 Å². The van der Waals surface area contributed by atoms with Gasteiger partial charge in [0.2, 0.25) is 0 Å². The third-order valence-corrected chi connectivity index (χ3v) is 4.96. The summed E-state index contributed by atoms with van der Waals surface area (Å²) in [6, 6.07) is 27.3. The summed E-state index contributed by atoms with van der Waals surface area (Å²) in [6.45, 7) is 0.826. The number of halogens is 1. The van der Waals surface area contributed by atoms with E-state index in [2.05, 4.69) is 82.3 Å². The predicted molar refractivity (Wildman–Crippen MR) is 105 cm³/mol. The van der Waals surface area contributed by atoms with Crippen molar-refractivity contribution in [1.82, 2.24) is 9.55 Å². The first-order valence-electron chi connectivity index (χ1n) is 8.31. The highest BCUT2D eigenvalue weighted by Gasteiger charge is 2.14. The highest BCUT2D eigenvalue weighted by molar-refractivity contribution is 6.30. The van der Waals surface area contributed by atoms with Gasteiger partial charge in [-0.2, -0.15) is 0 Å². The first-order valence-corrected chi connectivity index (χ1v) is 8.69. The largest absolute Gasteiger partial charge is 0.335 e. The summed E-state index contributed by atoms with van der Waals surface area (Å²) < 4.78 is 2.39. The van der Waals surface area contributed by atoms with Crippen LogP contribution in [0.25, 0.3) is 32.7 Å². The molecular weight excluding hydrogens is 328 g/mol. The van der Waals surface area contributed by atoms with Crippen LogP contribution in [0.3, 0.4) is 0 Å². The summed E-state index contributed by atoms with van der Waals surface area (Å²) in [7, 11) is 0. The molecule has 120 valence electrons. The number of benzene rings is 3. The summed E-state index contributed by atoms with van der Waals surface area (Å²) in [5, 5.41) is 4.18. The van der Waals surface area contributed by atoms with E-state index in [4.69, 9.17) is 11.6 Å². The number of para-hydroxylation sites is 1. The molecule has 0 aliphatic carbocycles. The van der Waals surface area contributed by atoms with Crippen LogP contribution in [0.2, 0.25) is 5.15 Å². The molecular formula is C22H15ClN2. The highest BCUT2D eigenvalue weighted by atomic mass is 35.5. The van der Waals surface area contributed by atoms with Gasteiger partial charge in [0, 0.05) is 28.2 Å². The van der Waals surface area contributed by atoms with Crippen molar-refractivity contribution in [2.24, 2.45) is 0 Å². The number of hydrogen-bond acceptors (Lipinski definition) is 1. The van der Waals surface area contributed by atoms with Crippen molar-refractivity contribution in [3.63, 3.8) is 0 Å². The molecule has 0 unspecified atom stereocenters. The van der Waals surface area contributed by atoms with Gasteiger partial charge >= 0.3 is 0 Å². The molecule has 0 spiro atoms. The molecule has 0 saturated heterocycles. The number of nitrogens with zero attached hydrogens (tertiary/aromatic N) is 2. The standard InChI is InChI=1S/C22H15ClN2/c23-21-13-11-18-19(24-21)12-10-17-16-8-4-5-9-20(16)25(22(17)18)14-15-6-2-1-3-7-15/h1-13H,14H2. The molecule has 5 rings (SSSR count). The topological polar surface area (TPSA) is 17.8 Å². The third-order valence-electron chi connectivity index (χ3n) is 4.75. The molecule has 2 heterocycles. The van der Waals surface area contributed by atoms with Gasteiger partial charge in [-0.05, 0) is 29.8 Å². The van der Waals surface area contributed by atoms with Crippen LogP contribution in [0, 0.1) is 0 Å². The SMILES string of the molecule is Clc1ccc2c(ccc3c4ccccc4n(Cc4ccccc4)c23)n1. The molecule has 0 N–H and O–H groups in total. The van der Waals surface area contributed by atoms with Gasteiger partial charge in [-0.15, -0.1) is 0 Å². The second kappa shape index (κ2) is 5.61. The fraction of sp³-hybridized carbons (Fsp3) is 0.0455. The maximum atomic E-state index is 6.10. The Morgan fingerprint density at radius 1 is 0.720 bits per heavy atom. The molecule has 2 aromatic heterocycles. The van der Waals surface area contributed by atoms with Gasteiger partial charge in [-0.25, -0.2) is 4.98 Å². The van der Waals surface area contributed by atoms with E-state index in [0.717, 1.165) is 17.4 Å². The molecule has 0 bridgehead atoms. The van der Waals surface area contributed by atoms with Gasteiger partial charge in [0.25, 0.3) is 0 Å². The first-order chi connectivity index (χ1) is 12.3. The maximum absolute atomic E-state index is 6.10. The van der Waals surface area contributed by atoms with Gasteiger partial charge < -0.3 is 4.57 Å². The second-order valence-corrected chi connectivity index (χ2v) is 6.64. The van der Waals surface area contributed by atoms with Crippen molar-refractivity contribution in [2.75, 3.05) is 0 Å². The summed E-state index contributed by atoms with van der Waals surface area (Å²) in [5.41, 5.74) is 4.66. The maximum Gasteiger partial charge on any atom is 0.129 e. The Balaban J connectivity index is 1.91. The molecule has 0 aliphatic heterocycles. The van der Waals surface area contributed by atoms with Gasteiger partial charge in [0.15, 0.2) is 0 Å². The van der Waals surface area contributed by atoms with E-state index < -0.39 is 0 Å². The molecule has 25 heavy (non-hydrogen) atoms. The molecule has 0 amide bonds. The molecule has 3 heteroatoms. The van der Waals surface area contributed by atoms with Crippen molar-refractivity contribution in [3.05, 3.63) is 89.6 Å². The van der Waals surface area contributed by atoms with Crippen LogP contribution in [0.1, 0.15) is 5.56 Å². The molecule has 3 aromatic carbocycles. The molecule has 0 aliphatic rings. The number of rotatable bonds is 2. The van der Waals surface area contributed by atoms with E-state index >= 15 is 0 Å². The number of hydrogen-bond donors (Lipinski definition) is 0. The van der Waals surface area contributed by atoms with Gasteiger partial charge in [0.1, 0.15) is 5.15 Å². The van der Waals surface area contributed by atoms with Crippen molar-refractivity contribution < 1.29 is 0 Å². The minimum Gasteiger partial charge on any atom is -0.335 e. The predicted octanol–water partition coefficient (Wildman–Crippen LogP) is 6.04. The fourth-order valence-corrected chi connectivity index (χ4v) is 3.81. The van der Waals surface area contributed by atoms with E-state index in [1.165, 1.54) is 27.4 Å². The zero-order valence-electron chi connectivity index (χ0n) is 13.5. The fourth-order valence-electron chi connectivity index (χ4n) is 3.66. The normalized spacial score (nSPS) is 11.6. The lowest BCUT2D eigenvalue weighted by Gasteiger charge is -2.09. The lowest BCUT2D eigenvalue weighted by Crippen LogP contribution is -1.99. The van der Waals surface area contributed by atoms with Crippen LogP contribution in [0.5, 0.6) is 0 Å². The summed E-state index contributed by atoms with van der Waals surface area (Å²) >= 11 is 6.10. The first kappa shape index (κ1) is 14.5. The molecule has 0 saturated carbocycles. The van der Waals surface area contributed by atoms with E-state index in [1.807, 2.05) is 6.07 Å². The summed E-state index contributed by atoms with van der Waals surface area (Å²) in [4.78, 5) is 4.50. The quantitative estimate of drug-likeness (QED) is 0.357. The molecule has 0 radical (unpaired) electrons. The van der Waals surface area contributed by atoms with Crippen molar-refractivity contribution in [3.8, 4) is 0 Å². The highest BCUT2D eigenvalue weighted by Crippen LogP contribution is 2.34. The zero-order valence-corrected chi connectivity index (χ0v) is 14.2. The lowest BCUT2D eigenvalue weighted by molar-refractivity contribution is 0.871. The van der Waals surface area contributed by atoms with Crippen LogP contribution in [-0.2, 0) is 6.54 Å². The van der Waals surface area contributed by atoms with Crippen LogP contribution in [0.4, 0.5) is 0 Å². The Bertz CT molecular complexity index is 1220. The third kappa shape index (κ3) is 2.30. The van der Waals surface area contributed by atoms with Crippen LogP contribution < -0.4 is 0 Å². The Labute approximate surface area is 150 Å². The number of aromatic nitrogens is 2.